The first-order valence-electron chi connectivity index (χ1n) is 11.8. The maximum atomic E-state index is 13.4. The molecule has 4 N–H and O–H groups in total. The first-order valence-corrected chi connectivity index (χ1v) is 12.6. The van der Waals surface area contributed by atoms with E-state index in [1.807, 2.05) is 37.3 Å². The molecule has 0 radical (unpaired) electrons. The molecule has 3 aromatic heterocycles. The molecule has 1 fully saturated rings. The zero-order valence-corrected chi connectivity index (χ0v) is 20.3. The number of hydrogen-bond acceptors (Lipinski definition) is 7. The molecule has 4 aromatic rings. The summed E-state index contributed by atoms with van der Waals surface area (Å²) in [7, 11) is 0. The molecule has 4 heterocycles. The minimum absolute atomic E-state index is 0.0403. The lowest BCUT2D eigenvalue weighted by molar-refractivity contribution is 0.0942. The van der Waals surface area contributed by atoms with Gasteiger partial charge in [0.05, 0.1) is 28.6 Å². The van der Waals surface area contributed by atoms with Crippen LogP contribution in [0.2, 0.25) is 0 Å². The lowest BCUT2D eigenvalue weighted by Crippen LogP contribution is -2.36. The van der Waals surface area contributed by atoms with Crippen molar-refractivity contribution >= 4 is 50.6 Å². The van der Waals surface area contributed by atoms with Crippen LogP contribution in [0.25, 0.3) is 10.2 Å². The largest absolute Gasteiger partial charge is 0.439 e. The summed E-state index contributed by atoms with van der Waals surface area (Å²) >= 11 is 1.27. The van der Waals surface area contributed by atoms with Crippen LogP contribution in [-0.2, 0) is 0 Å². The Balaban J connectivity index is 1.34. The minimum atomic E-state index is -0.369. The first kappa shape index (κ1) is 22.4. The smallest absolute Gasteiger partial charge is 0.331 e. The summed E-state index contributed by atoms with van der Waals surface area (Å²) in [5.41, 5.74) is 8.57. The lowest BCUT2D eigenvalue weighted by atomic mass is 10.1. The van der Waals surface area contributed by atoms with Crippen LogP contribution in [0.15, 0.2) is 54.9 Å². The molecule has 1 aliphatic heterocycles. The standard InChI is InChI=1S/C26H24N6O3S/c1-14-11-20(35-17-5-3-2-4-6-17)29-13-19(14)32-18-9-10-28-25-21(18)22(31-26(32)34)23(36-25)24(33)30-16-8-7-15(27)12-16/h2-6,9-11,13,15-16H,7-8,12,27H2,1H3,(H,30,33)(H,31,34)/t15?,16-/m0/s1. The maximum absolute atomic E-state index is 13.4. The van der Waals surface area contributed by atoms with Gasteiger partial charge >= 0.3 is 6.03 Å². The Labute approximate surface area is 211 Å². The highest BCUT2D eigenvalue weighted by atomic mass is 32.1. The summed E-state index contributed by atoms with van der Waals surface area (Å²) in [6.07, 6.45) is 5.77. The number of benzene rings is 1. The second kappa shape index (κ2) is 8.89. The third-order valence-corrected chi connectivity index (χ3v) is 7.62. The number of aryl methyl sites for hydroxylation is 1. The number of thiophene rings is 1. The average Bonchev–Trinajstić information content (AvgIpc) is 3.44. The zero-order valence-electron chi connectivity index (χ0n) is 19.5. The van der Waals surface area contributed by atoms with Crippen LogP contribution in [0.4, 0.5) is 21.9 Å². The topological polar surface area (TPSA) is 122 Å². The number of carbonyl (C=O) groups is 2. The molecule has 2 atom stereocenters. The van der Waals surface area contributed by atoms with Crippen LogP contribution >= 0.6 is 11.3 Å². The van der Waals surface area contributed by atoms with Crippen LogP contribution in [0.1, 0.15) is 34.5 Å². The molecule has 0 bridgehead atoms. The third kappa shape index (κ3) is 3.94. The molecule has 0 saturated heterocycles. The molecule has 10 heteroatoms. The fraction of sp³-hybridized carbons (Fsp3) is 0.231. The second-order valence-electron chi connectivity index (χ2n) is 9.05. The Morgan fingerprint density at radius 1 is 1.19 bits per heavy atom. The molecule has 36 heavy (non-hydrogen) atoms. The molecule has 182 valence electrons. The van der Waals surface area contributed by atoms with E-state index >= 15 is 0 Å². The van der Waals surface area contributed by atoms with Crippen LogP contribution in [-0.4, -0.2) is 34.0 Å². The Morgan fingerprint density at radius 3 is 2.78 bits per heavy atom. The van der Waals surface area contributed by atoms with Gasteiger partial charge in [-0.3, -0.25) is 9.69 Å². The van der Waals surface area contributed by atoms with Crippen LogP contribution < -0.4 is 26.0 Å². The van der Waals surface area contributed by atoms with E-state index in [2.05, 4.69) is 20.6 Å². The van der Waals surface area contributed by atoms with Crippen molar-refractivity contribution in [3.8, 4) is 11.6 Å². The van der Waals surface area contributed by atoms with Crippen molar-refractivity contribution in [2.24, 2.45) is 5.73 Å². The van der Waals surface area contributed by atoms with Gasteiger partial charge in [-0.2, -0.15) is 0 Å². The Hall–Kier alpha value is -4.02. The summed E-state index contributed by atoms with van der Waals surface area (Å²) in [5, 5.41) is 6.74. The zero-order chi connectivity index (χ0) is 24.8. The minimum Gasteiger partial charge on any atom is -0.439 e. The van der Waals surface area contributed by atoms with Crippen molar-refractivity contribution in [3.63, 3.8) is 0 Å². The second-order valence-corrected chi connectivity index (χ2v) is 10.0. The van der Waals surface area contributed by atoms with E-state index < -0.39 is 0 Å². The molecular formula is C26H24N6O3S. The van der Waals surface area contributed by atoms with Crippen molar-refractivity contribution in [3.05, 3.63) is 65.3 Å². The number of nitrogens with two attached hydrogens (primary N) is 1. The number of hydrogen-bond donors (Lipinski definition) is 3. The van der Waals surface area contributed by atoms with E-state index in [-0.39, 0.29) is 24.0 Å². The summed E-state index contributed by atoms with van der Waals surface area (Å²) in [6.45, 7) is 1.90. The van der Waals surface area contributed by atoms with Crippen LogP contribution in [0.3, 0.4) is 0 Å². The summed E-state index contributed by atoms with van der Waals surface area (Å²) in [6, 6.07) is 12.7. The monoisotopic (exact) mass is 500 g/mol. The van der Waals surface area contributed by atoms with Gasteiger partial charge in [0.25, 0.3) is 5.91 Å². The highest BCUT2D eigenvalue weighted by molar-refractivity contribution is 7.21. The van der Waals surface area contributed by atoms with Crippen molar-refractivity contribution in [1.82, 2.24) is 15.3 Å². The Morgan fingerprint density at radius 2 is 2.03 bits per heavy atom. The predicted molar refractivity (Wildman–Crippen MR) is 139 cm³/mol. The molecule has 1 saturated carbocycles. The molecule has 9 nitrogen and oxygen atoms in total. The molecule has 3 amide bonds. The number of para-hydroxylation sites is 1. The number of ether oxygens (including phenoxy) is 1. The summed E-state index contributed by atoms with van der Waals surface area (Å²) in [5.74, 6) is 0.894. The van der Waals surface area contributed by atoms with Gasteiger partial charge in [0, 0.05) is 24.3 Å². The van der Waals surface area contributed by atoms with Crippen molar-refractivity contribution in [2.75, 3.05) is 10.2 Å². The fourth-order valence-electron chi connectivity index (χ4n) is 4.80. The number of rotatable bonds is 5. The van der Waals surface area contributed by atoms with E-state index in [1.165, 1.54) is 11.3 Å². The first-order chi connectivity index (χ1) is 17.5. The van der Waals surface area contributed by atoms with Gasteiger partial charge < -0.3 is 21.1 Å². The predicted octanol–water partition coefficient (Wildman–Crippen LogP) is 5.09. The van der Waals surface area contributed by atoms with E-state index in [4.69, 9.17) is 10.5 Å². The number of anilines is 3. The lowest BCUT2D eigenvalue weighted by Gasteiger charge is -2.29. The number of carbonyl (C=O) groups excluding carboxylic acids is 2. The number of nitrogens with zero attached hydrogens (tertiary/aromatic N) is 3. The third-order valence-electron chi connectivity index (χ3n) is 6.53. The quantitative estimate of drug-likeness (QED) is 0.351. The average molecular weight is 501 g/mol. The Kier molecular flexibility index (Phi) is 5.54. The number of pyridine rings is 2. The molecule has 1 aromatic carbocycles. The van der Waals surface area contributed by atoms with Gasteiger partial charge in [-0.15, -0.1) is 11.3 Å². The van der Waals surface area contributed by atoms with Gasteiger partial charge in [0.15, 0.2) is 0 Å². The van der Waals surface area contributed by atoms with Crippen molar-refractivity contribution in [2.45, 2.75) is 38.3 Å². The number of amides is 3. The SMILES string of the molecule is Cc1cc(Oc2ccccc2)ncc1N1C(=O)Nc2c(C(=O)N[C@H]3CCC(N)C3)sc3nccc1c23. The van der Waals surface area contributed by atoms with Gasteiger partial charge in [0.2, 0.25) is 5.88 Å². The van der Waals surface area contributed by atoms with Crippen LogP contribution in [0.5, 0.6) is 11.6 Å². The molecule has 6 rings (SSSR count). The normalized spacial score (nSPS) is 18.8. The van der Waals surface area contributed by atoms with Gasteiger partial charge in [0.1, 0.15) is 15.5 Å². The fourth-order valence-corrected chi connectivity index (χ4v) is 5.83. The van der Waals surface area contributed by atoms with Gasteiger partial charge in [-0.1, -0.05) is 18.2 Å². The molecule has 2 aliphatic rings. The highest BCUT2D eigenvalue weighted by Crippen LogP contribution is 2.46. The summed E-state index contributed by atoms with van der Waals surface area (Å²) in [4.78, 5) is 38.1. The maximum Gasteiger partial charge on any atom is 0.331 e. The van der Waals surface area contributed by atoms with Crippen LogP contribution in [0, 0.1) is 6.92 Å². The number of aromatic nitrogens is 2. The molecule has 1 unspecified atom stereocenters. The number of nitrogens with one attached hydrogen (secondary N) is 2. The molecule has 0 spiro atoms. The highest BCUT2D eigenvalue weighted by Gasteiger charge is 2.34. The van der Waals surface area contributed by atoms with Gasteiger partial charge in [-0.25, -0.2) is 14.8 Å². The van der Waals surface area contributed by atoms with Crippen molar-refractivity contribution in [1.29, 1.82) is 0 Å². The number of urea groups is 1. The molecule has 1 aliphatic carbocycles. The molecular weight excluding hydrogens is 476 g/mol. The van der Waals surface area contributed by atoms with Gasteiger partial charge in [-0.05, 0) is 49.9 Å². The van der Waals surface area contributed by atoms with E-state index in [9.17, 15) is 9.59 Å². The Bertz CT molecular complexity index is 1490. The van der Waals surface area contributed by atoms with E-state index in [1.54, 1.807) is 29.4 Å². The van der Waals surface area contributed by atoms with E-state index in [0.717, 1.165) is 30.2 Å². The summed E-state index contributed by atoms with van der Waals surface area (Å²) < 4.78 is 5.84. The van der Waals surface area contributed by atoms with Crippen molar-refractivity contribution < 1.29 is 14.3 Å². The van der Waals surface area contributed by atoms with E-state index in [0.29, 0.717) is 38.4 Å².